The minimum atomic E-state index is -0.411. The average Bonchev–Trinajstić information content (AvgIpc) is 3.55. The van der Waals surface area contributed by atoms with Crippen LogP contribution >= 0.6 is 11.8 Å². The summed E-state index contributed by atoms with van der Waals surface area (Å²) in [6.07, 6.45) is 6.46. The number of amides is 2. The monoisotopic (exact) mass is 389 g/mol. The average molecular weight is 390 g/mol. The maximum Gasteiger partial charge on any atom is 0.239 e. The van der Waals surface area contributed by atoms with Crippen LogP contribution in [0.4, 0.5) is 0 Å². The highest BCUT2D eigenvalue weighted by molar-refractivity contribution is 7.98. The topological polar surface area (TPSA) is 66.6 Å². The van der Waals surface area contributed by atoms with Crippen LogP contribution in [0.5, 0.6) is 0 Å². The van der Waals surface area contributed by atoms with Crippen LogP contribution < -0.4 is 5.73 Å². The molecular weight excluding hydrogens is 358 g/mol. The largest absolute Gasteiger partial charge is 0.341 e. The third-order valence-electron chi connectivity index (χ3n) is 5.57. The molecule has 1 aliphatic carbocycles. The summed E-state index contributed by atoms with van der Waals surface area (Å²) in [5.41, 5.74) is 7.22. The number of benzene rings is 1. The molecule has 2 amide bonds. The second kappa shape index (κ2) is 9.60. The second-order valence-electron chi connectivity index (χ2n) is 7.67. The molecule has 1 saturated carbocycles. The number of rotatable bonds is 8. The van der Waals surface area contributed by atoms with Gasteiger partial charge in [-0.2, -0.15) is 11.8 Å². The summed E-state index contributed by atoms with van der Waals surface area (Å²) < 4.78 is 0. The number of hydrogen-bond acceptors (Lipinski definition) is 4. The maximum atomic E-state index is 13.1. The SMILES string of the molecule is CSCC[C@H](N)C(=O)N1CCC(C(=O)N(Cc2ccccc2)C2CC2)CC1. The zero-order chi connectivity index (χ0) is 19.2. The Morgan fingerprint density at radius 3 is 2.44 bits per heavy atom. The molecule has 3 rings (SSSR count). The van der Waals surface area contributed by atoms with Gasteiger partial charge in [0.2, 0.25) is 11.8 Å². The van der Waals surface area contributed by atoms with Crippen LogP contribution in [0.25, 0.3) is 0 Å². The van der Waals surface area contributed by atoms with Crippen molar-refractivity contribution >= 4 is 23.6 Å². The van der Waals surface area contributed by atoms with Crippen molar-refractivity contribution in [2.24, 2.45) is 11.7 Å². The second-order valence-corrected chi connectivity index (χ2v) is 8.66. The first-order valence-corrected chi connectivity index (χ1v) is 11.4. The fraction of sp³-hybridized carbons (Fsp3) is 0.619. The molecule has 2 N–H and O–H groups in total. The molecule has 1 heterocycles. The highest BCUT2D eigenvalue weighted by atomic mass is 32.2. The van der Waals surface area contributed by atoms with Crippen molar-refractivity contribution < 1.29 is 9.59 Å². The zero-order valence-corrected chi connectivity index (χ0v) is 17.0. The van der Waals surface area contributed by atoms with Gasteiger partial charge in [0.1, 0.15) is 0 Å². The molecule has 0 unspecified atom stereocenters. The Morgan fingerprint density at radius 1 is 1.19 bits per heavy atom. The molecule has 0 aromatic heterocycles. The lowest BCUT2D eigenvalue weighted by molar-refractivity contribution is -0.142. The minimum Gasteiger partial charge on any atom is -0.341 e. The van der Waals surface area contributed by atoms with Crippen LogP contribution in [0.1, 0.15) is 37.7 Å². The van der Waals surface area contributed by atoms with Gasteiger partial charge in [0.15, 0.2) is 0 Å². The molecule has 0 radical (unpaired) electrons. The van der Waals surface area contributed by atoms with Crippen LogP contribution in [0, 0.1) is 5.92 Å². The molecule has 148 valence electrons. The summed E-state index contributed by atoms with van der Waals surface area (Å²) in [7, 11) is 0. The van der Waals surface area contributed by atoms with Crippen LogP contribution in [-0.2, 0) is 16.1 Å². The van der Waals surface area contributed by atoms with E-state index in [-0.39, 0.29) is 17.7 Å². The summed E-state index contributed by atoms with van der Waals surface area (Å²) in [6.45, 7) is 1.99. The number of likely N-dealkylation sites (tertiary alicyclic amines) is 1. The number of hydrogen-bond donors (Lipinski definition) is 1. The number of nitrogens with two attached hydrogens (primary N) is 1. The van der Waals surface area contributed by atoms with Gasteiger partial charge < -0.3 is 15.5 Å². The molecule has 1 atom stereocenters. The Bertz CT molecular complexity index is 628. The summed E-state index contributed by atoms with van der Waals surface area (Å²) in [5, 5.41) is 0. The minimum absolute atomic E-state index is 0.0285. The van der Waals surface area contributed by atoms with Gasteiger partial charge in [0.05, 0.1) is 6.04 Å². The molecule has 5 nitrogen and oxygen atoms in total. The quantitative estimate of drug-likeness (QED) is 0.742. The number of nitrogens with zero attached hydrogens (tertiary/aromatic N) is 2. The Kier molecular flexibility index (Phi) is 7.19. The van der Waals surface area contributed by atoms with E-state index >= 15 is 0 Å². The highest BCUT2D eigenvalue weighted by Gasteiger charge is 2.37. The molecule has 2 aliphatic rings. The predicted octanol–water partition coefficient (Wildman–Crippen LogP) is 2.50. The van der Waals surface area contributed by atoms with E-state index in [1.165, 1.54) is 5.56 Å². The van der Waals surface area contributed by atoms with Gasteiger partial charge in [0.25, 0.3) is 0 Å². The molecule has 27 heavy (non-hydrogen) atoms. The standard InChI is InChI=1S/C21H31N3O2S/c1-27-14-11-19(22)21(26)23-12-9-17(10-13-23)20(25)24(18-7-8-18)15-16-5-3-2-4-6-16/h2-6,17-19H,7-15,22H2,1H3/t19-/m0/s1. The smallest absolute Gasteiger partial charge is 0.239 e. The van der Waals surface area contributed by atoms with Crippen LogP contribution in [0.2, 0.25) is 0 Å². The van der Waals surface area contributed by atoms with Gasteiger partial charge in [0, 0.05) is 31.6 Å². The molecule has 1 aliphatic heterocycles. The normalized spacial score (nSPS) is 19.0. The van der Waals surface area contributed by atoms with Gasteiger partial charge in [-0.15, -0.1) is 0 Å². The van der Waals surface area contributed by atoms with Crippen molar-refractivity contribution in [1.82, 2.24) is 9.80 Å². The lowest BCUT2D eigenvalue weighted by atomic mass is 9.94. The first kappa shape index (κ1) is 20.2. The van der Waals surface area contributed by atoms with Gasteiger partial charge in [-0.3, -0.25) is 9.59 Å². The van der Waals surface area contributed by atoms with E-state index < -0.39 is 6.04 Å². The number of thioether (sulfide) groups is 1. The lowest BCUT2D eigenvalue weighted by Gasteiger charge is -2.35. The van der Waals surface area contributed by atoms with Gasteiger partial charge >= 0.3 is 0 Å². The van der Waals surface area contributed by atoms with Crippen LogP contribution in [-0.4, -0.2) is 58.8 Å². The first-order valence-electron chi connectivity index (χ1n) is 9.98. The summed E-state index contributed by atoms with van der Waals surface area (Å²) in [4.78, 5) is 29.5. The highest BCUT2D eigenvalue weighted by Crippen LogP contribution is 2.32. The number of carbonyl (C=O) groups excluding carboxylic acids is 2. The van der Waals surface area contributed by atoms with Crippen molar-refractivity contribution in [3.63, 3.8) is 0 Å². The number of carbonyl (C=O) groups is 2. The maximum absolute atomic E-state index is 13.1. The first-order chi connectivity index (χ1) is 13.1. The van der Waals surface area contributed by atoms with E-state index in [9.17, 15) is 9.59 Å². The Balaban J connectivity index is 1.53. The van der Waals surface area contributed by atoms with Crippen LogP contribution in [0.15, 0.2) is 30.3 Å². The lowest BCUT2D eigenvalue weighted by Crippen LogP contribution is -2.49. The van der Waals surface area contributed by atoms with E-state index in [0.29, 0.717) is 32.1 Å². The molecule has 1 aromatic carbocycles. The van der Waals surface area contributed by atoms with Crippen LogP contribution in [0.3, 0.4) is 0 Å². The molecule has 1 aromatic rings. The van der Waals surface area contributed by atoms with E-state index in [1.54, 1.807) is 11.8 Å². The van der Waals surface area contributed by atoms with Gasteiger partial charge in [-0.1, -0.05) is 30.3 Å². The van der Waals surface area contributed by atoms with Gasteiger partial charge in [-0.05, 0) is 49.7 Å². The number of piperidine rings is 1. The van der Waals surface area contributed by atoms with E-state index in [0.717, 1.165) is 31.4 Å². The Hall–Kier alpha value is -1.53. The fourth-order valence-electron chi connectivity index (χ4n) is 3.74. The van der Waals surface area contributed by atoms with Crippen molar-refractivity contribution in [2.45, 2.75) is 50.7 Å². The predicted molar refractivity (Wildman–Crippen MR) is 110 cm³/mol. The molecule has 0 spiro atoms. The molecule has 1 saturated heterocycles. The molecular formula is C21H31N3O2S. The van der Waals surface area contributed by atoms with Crippen molar-refractivity contribution in [3.8, 4) is 0 Å². The zero-order valence-electron chi connectivity index (χ0n) is 16.2. The fourth-order valence-corrected chi connectivity index (χ4v) is 4.23. The van der Waals surface area contributed by atoms with Crippen molar-refractivity contribution in [3.05, 3.63) is 35.9 Å². The summed E-state index contributed by atoms with van der Waals surface area (Å²) in [6, 6.07) is 10.2. The Morgan fingerprint density at radius 2 is 1.85 bits per heavy atom. The third-order valence-corrected chi connectivity index (χ3v) is 6.22. The van der Waals surface area contributed by atoms with E-state index in [4.69, 9.17) is 5.73 Å². The van der Waals surface area contributed by atoms with E-state index in [2.05, 4.69) is 17.0 Å². The Labute approximate surface area is 166 Å². The van der Waals surface area contributed by atoms with Crippen molar-refractivity contribution in [2.75, 3.05) is 25.1 Å². The molecule has 0 bridgehead atoms. The van der Waals surface area contributed by atoms with Crippen molar-refractivity contribution in [1.29, 1.82) is 0 Å². The van der Waals surface area contributed by atoms with E-state index in [1.807, 2.05) is 29.4 Å². The molecule has 2 fully saturated rings. The summed E-state index contributed by atoms with van der Waals surface area (Å²) >= 11 is 1.71. The molecule has 6 heteroatoms. The third kappa shape index (κ3) is 5.48. The summed E-state index contributed by atoms with van der Waals surface area (Å²) in [5.74, 6) is 1.23. The van der Waals surface area contributed by atoms with Gasteiger partial charge in [-0.25, -0.2) is 0 Å².